The Labute approximate surface area is 159 Å². The Bertz CT molecular complexity index is 799. The molecule has 0 radical (unpaired) electrons. The average molecular weight is 373 g/mol. The molecule has 2 aromatic heterocycles. The van der Waals surface area contributed by atoms with Gasteiger partial charge in [0.1, 0.15) is 16.5 Å². The van der Waals surface area contributed by atoms with Gasteiger partial charge in [-0.1, -0.05) is 6.92 Å². The predicted octanol–water partition coefficient (Wildman–Crippen LogP) is 3.25. The first-order chi connectivity index (χ1) is 12.8. The lowest BCUT2D eigenvalue weighted by Gasteiger charge is -2.33. The van der Waals surface area contributed by atoms with Gasteiger partial charge >= 0.3 is 0 Å². The summed E-state index contributed by atoms with van der Waals surface area (Å²) < 4.78 is 5.49. The van der Waals surface area contributed by atoms with E-state index < -0.39 is 0 Å². The van der Waals surface area contributed by atoms with E-state index in [-0.39, 0.29) is 0 Å². The van der Waals surface area contributed by atoms with Crippen molar-refractivity contribution < 1.29 is 4.74 Å². The molecule has 0 amide bonds. The molecular weight excluding hydrogens is 344 g/mol. The number of piperidine rings is 1. The number of rotatable bonds is 3. The summed E-state index contributed by atoms with van der Waals surface area (Å²) in [5.74, 6) is 2.97. The first-order valence-electron chi connectivity index (χ1n) is 10.1. The van der Waals surface area contributed by atoms with Gasteiger partial charge in [-0.2, -0.15) is 0 Å². The van der Waals surface area contributed by atoms with E-state index in [2.05, 4.69) is 16.7 Å². The number of hydrogen-bond acceptors (Lipinski definition) is 6. The van der Waals surface area contributed by atoms with Crippen LogP contribution in [0.2, 0.25) is 0 Å². The summed E-state index contributed by atoms with van der Waals surface area (Å²) >= 11 is 1.92. The van der Waals surface area contributed by atoms with Crippen LogP contribution in [0.1, 0.15) is 42.5 Å². The number of aromatic nitrogens is 2. The molecule has 5 nitrogen and oxygen atoms in total. The van der Waals surface area contributed by atoms with E-state index >= 15 is 0 Å². The zero-order valence-electron chi connectivity index (χ0n) is 15.7. The molecule has 1 atom stereocenters. The van der Waals surface area contributed by atoms with Crippen LogP contribution in [0.25, 0.3) is 10.2 Å². The molecule has 2 aliphatic heterocycles. The van der Waals surface area contributed by atoms with E-state index in [9.17, 15) is 0 Å². The molecular formula is C20H28N4OS. The molecule has 2 saturated heterocycles. The van der Waals surface area contributed by atoms with Crippen LogP contribution < -0.4 is 4.90 Å². The topological polar surface area (TPSA) is 41.5 Å². The molecule has 0 unspecified atom stereocenters. The number of hydrogen-bond donors (Lipinski definition) is 0. The summed E-state index contributed by atoms with van der Waals surface area (Å²) in [4.78, 5) is 17.9. The summed E-state index contributed by atoms with van der Waals surface area (Å²) in [5, 5.41) is 1.38. The van der Waals surface area contributed by atoms with Crippen molar-refractivity contribution in [2.45, 2.75) is 45.6 Å². The first-order valence-corrected chi connectivity index (χ1v) is 11.0. The fraction of sp³-hybridized carbons (Fsp3) is 0.700. The molecule has 6 heteroatoms. The highest BCUT2D eigenvalue weighted by Gasteiger charge is 2.27. The van der Waals surface area contributed by atoms with Crippen molar-refractivity contribution in [3.63, 3.8) is 0 Å². The van der Waals surface area contributed by atoms with Gasteiger partial charge in [0.2, 0.25) is 0 Å². The van der Waals surface area contributed by atoms with Crippen LogP contribution in [0.3, 0.4) is 0 Å². The summed E-state index contributed by atoms with van der Waals surface area (Å²) in [6, 6.07) is 0. The van der Waals surface area contributed by atoms with Crippen LogP contribution in [-0.4, -0.2) is 54.3 Å². The maximum atomic E-state index is 5.49. The third-order valence-electron chi connectivity index (χ3n) is 6.02. The molecule has 5 rings (SSSR count). The molecule has 26 heavy (non-hydrogen) atoms. The molecule has 0 bridgehead atoms. The Morgan fingerprint density at radius 2 is 2.00 bits per heavy atom. The number of ether oxygens (including phenoxy) is 1. The third kappa shape index (κ3) is 3.12. The second-order valence-corrected chi connectivity index (χ2v) is 9.17. The molecule has 0 N–H and O–H groups in total. The van der Waals surface area contributed by atoms with Gasteiger partial charge < -0.3 is 9.64 Å². The highest BCUT2D eigenvalue weighted by molar-refractivity contribution is 7.19. The minimum atomic E-state index is 0.753. The minimum Gasteiger partial charge on any atom is -0.379 e. The smallest absolute Gasteiger partial charge is 0.146 e. The Kier molecular flexibility index (Phi) is 4.59. The predicted molar refractivity (Wildman–Crippen MR) is 106 cm³/mol. The molecule has 0 saturated carbocycles. The molecule has 2 aromatic rings. The van der Waals surface area contributed by atoms with Gasteiger partial charge in [-0.25, -0.2) is 9.97 Å². The average Bonchev–Trinajstić information content (AvgIpc) is 3.23. The standard InChI is InChI=1S/C20H28N4OS/c1-14-4-3-7-24(12-14)19-18-15-5-2-6-16(15)26-20(18)22-17(21-19)13-23-8-10-25-11-9-23/h14H,2-13H2,1H3/t14-/m0/s1. The highest BCUT2D eigenvalue weighted by Crippen LogP contribution is 2.41. The van der Waals surface area contributed by atoms with Crippen LogP contribution in [-0.2, 0) is 24.1 Å². The van der Waals surface area contributed by atoms with Gasteiger partial charge in [0, 0.05) is 31.1 Å². The van der Waals surface area contributed by atoms with E-state index in [1.807, 2.05) is 11.3 Å². The van der Waals surface area contributed by atoms with E-state index in [1.54, 1.807) is 10.4 Å². The second-order valence-electron chi connectivity index (χ2n) is 8.08. The highest BCUT2D eigenvalue weighted by atomic mass is 32.1. The van der Waals surface area contributed by atoms with Crippen molar-refractivity contribution >= 4 is 27.4 Å². The van der Waals surface area contributed by atoms with Crippen molar-refractivity contribution in [1.82, 2.24) is 14.9 Å². The van der Waals surface area contributed by atoms with Crippen molar-refractivity contribution in [3.05, 3.63) is 16.3 Å². The molecule has 2 fully saturated rings. The van der Waals surface area contributed by atoms with E-state index in [1.165, 1.54) is 48.1 Å². The molecule has 0 spiro atoms. The summed E-state index contributed by atoms with van der Waals surface area (Å²) in [7, 11) is 0. The molecule has 140 valence electrons. The lowest BCUT2D eigenvalue weighted by Crippen LogP contribution is -2.37. The zero-order chi connectivity index (χ0) is 17.5. The van der Waals surface area contributed by atoms with Crippen LogP contribution >= 0.6 is 11.3 Å². The second kappa shape index (κ2) is 7.06. The number of anilines is 1. The minimum absolute atomic E-state index is 0.753. The van der Waals surface area contributed by atoms with E-state index in [4.69, 9.17) is 14.7 Å². The van der Waals surface area contributed by atoms with Crippen molar-refractivity contribution in [2.24, 2.45) is 5.92 Å². The van der Waals surface area contributed by atoms with Gasteiger partial charge in [-0.15, -0.1) is 11.3 Å². The Balaban J connectivity index is 1.55. The number of fused-ring (bicyclic) bond motifs is 3. The Hall–Kier alpha value is -1.24. The Morgan fingerprint density at radius 3 is 2.85 bits per heavy atom. The van der Waals surface area contributed by atoms with Crippen LogP contribution in [0, 0.1) is 5.92 Å². The number of nitrogens with zero attached hydrogens (tertiary/aromatic N) is 4. The lowest BCUT2D eigenvalue weighted by atomic mass is 10.00. The van der Waals surface area contributed by atoms with Crippen LogP contribution in [0.5, 0.6) is 0 Å². The normalized spacial score (nSPS) is 24.3. The van der Waals surface area contributed by atoms with Gasteiger partial charge in [-0.3, -0.25) is 4.90 Å². The van der Waals surface area contributed by atoms with Crippen molar-refractivity contribution in [1.29, 1.82) is 0 Å². The summed E-state index contributed by atoms with van der Waals surface area (Å²) in [5.41, 5.74) is 1.55. The quantitative estimate of drug-likeness (QED) is 0.827. The zero-order valence-corrected chi connectivity index (χ0v) is 16.5. The van der Waals surface area contributed by atoms with E-state index in [0.717, 1.165) is 57.7 Å². The monoisotopic (exact) mass is 372 g/mol. The maximum absolute atomic E-state index is 5.49. The molecule has 4 heterocycles. The maximum Gasteiger partial charge on any atom is 0.146 e. The molecule has 3 aliphatic rings. The van der Waals surface area contributed by atoms with Crippen molar-refractivity contribution in [2.75, 3.05) is 44.3 Å². The van der Waals surface area contributed by atoms with Gasteiger partial charge in [0.15, 0.2) is 0 Å². The van der Waals surface area contributed by atoms with Gasteiger partial charge in [0.25, 0.3) is 0 Å². The third-order valence-corrected chi connectivity index (χ3v) is 7.20. The van der Waals surface area contributed by atoms with Crippen molar-refractivity contribution in [3.8, 4) is 0 Å². The Morgan fingerprint density at radius 1 is 1.12 bits per heavy atom. The summed E-state index contributed by atoms with van der Waals surface area (Å²) in [6.45, 7) is 9.11. The van der Waals surface area contributed by atoms with Crippen LogP contribution in [0.4, 0.5) is 5.82 Å². The number of aryl methyl sites for hydroxylation is 2. The van der Waals surface area contributed by atoms with Gasteiger partial charge in [0.05, 0.1) is 25.1 Å². The fourth-order valence-electron chi connectivity index (χ4n) is 4.66. The number of morpholine rings is 1. The SMILES string of the molecule is C[C@H]1CCCN(c2nc(CN3CCOCC3)nc3sc4c(c23)CCC4)C1. The molecule has 0 aromatic carbocycles. The lowest BCUT2D eigenvalue weighted by molar-refractivity contribution is 0.0331. The first kappa shape index (κ1) is 16.9. The summed E-state index contributed by atoms with van der Waals surface area (Å²) in [6.07, 6.45) is 6.34. The fourth-order valence-corrected chi connectivity index (χ4v) is 5.93. The largest absolute Gasteiger partial charge is 0.379 e. The number of thiophene rings is 1. The van der Waals surface area contributed by atoms with Crippen LogP contribution in [0.15, 0.2) is 0 Å². The molecule has 1 aliphatic carbocycles. The van der Waals surface area contributed by atoms with E-state index in [0.29, 0.717) is 0 Å². The van der Waals surface area contributed by atoms with Gasteiger partial charge in [-0.05, 0) is 43.6 Å².